The predicted molar refractivity (Wildman–Crippen MR) is 255 cm³/mol. The zero-order chi connectivity index (χ0) is 40.9. The van der Waals surface area contributed by atoms with Crippen molar-refractivity contribution in [2.75, 3.05) is 0 Å². The smallest absolute Gasteiger partial charge is 0.160 e. The third-order valence-electron chi connectivity index (χ3n) is 12.5. The number of rotatable bonds is 7. The standard InChI is InChI=1S/C59H42N2/c1-59(2)53-30-15-14-28-51(53)57-47(29-17-31-54(57)59)43-25-16-24-42(36-43)46-34-35-50(49-27-13-12-26-48(46)49)56-38-55(60-58(61-56)41-22-10-5-11-23-41)44-32-33-45(39-18-6-3-7-19-39)52(37-44)40-20-8-4-9-21-40/h3-38H,1-2H3. The van der Waals surface area contributed by atoms with E-state index >= 15 is 0 Å². The van der Waals surface area contributed by atoms with E-state index in [1.165, 1.54) is 61.0 Å². The minimum absolute atomic E-state index is 0.0530. The predicted octanol–water partition coefficient (Wildman–Crippen LogP) is 15.6. The molecule has 288 valence electrons. The van der Waals surface area contributed by atoms with Crippen LogP contribution >= 0.6 is 0 Å². The van der Waals surface area contributed by atoms with Gasteiger partial charge in [-0.1, -0.05) is 214 Å². The largest absolute Gasteiger partial charge is 0.228 e. The summed E-state index contributed by atoms with van der Waals surface area (Å²) in [6.45, 7) is 4.69. The molecule has 0 unspecified atom stereocenters. The zero-order valence-corrected chi connectivity index (χ0v) is 34.2. The molecule has 0 N–H and O–H groups in total. The van der Waals surface area contributed by atoms with Gasteiger partial charge in [-0.25, -0.2) is 9.97 Å². The van der Waals surface area contributed by atoms with Gasteiger partial charge in [-0.15, -0.1) is 0 Å². The molecule has 61 heavy (non-hydrogen) atoms. The average Bonchev–Trinajstić information content (AvgIpc) is 3.57. The van der Waals surface area contributed by atoms with Crippen LogP contribution < -0.4 is 0 Å². The van der Waals surface area contributed by atoms with Crippen molar-refractivity contribution >= 4 is 10.8 Å². The summed E-state index contributed by atoms with van der Waals surface area (Å²) in [5.41, 5.74) is 19.8. The summed E-state index contributed by atoms with van der Waals surface area (Å²) in [6, 6.07) is 78.5. The number of hydrogen-bond acceptors (Lipinski definition) is 2. The van der Waals surface area contributed by atoms with E-state index in [1.54, 1.807) is 0 Å². The molecule has 0 atom stereocenters. The van der Waals surface area contributed by atoms with Gasteiger partial charge < -0.3 is 0 Å². The Kier molecular flexibility index (Phi) is 8.86. The Bertz CT molecular complexity index is 3260. The van der Waals surface area contributed by atoms with Gasteiger partial charge in [0.1, 0.15) is 0 Å². The first-order valence-corrected chi connectivity index (χ1v) is 21.1. The van der Waals surface area contributed by atoms with Crippen molar-refractivity contribution in [3.05, 3.63) is 230 Å². The van der Waals surface area contributed by atoms with Crippen LogP contribution in [0.5, 0.6) is 0 Å². The molecule has 11 rings (SSSR count). The molecular formula is C59H42N2. The highest BCUT2D eigenvalue weighted by Crippen LogP contribution is 2.52. The number of benzene rings is 9. The van der Waals surface area contributed by atoms with Crippen molar-refractivity contribution in [2.24, 2.45) is 0 Å². The Hall–Kier alpha value is -7.68. The van der Waals surface area contributed by atoms with Gasteiger partial charge in [-0.05, 0) is 95.7 Å². The third kappa shape index (κ3) is 6.36. The van der Waals surface area contributed by atoms with Gasteiger partial charge in [0.25, 0.3) is 0 Å². The lowest BCUT2D eigenvalue weighted by molar-refractivity contribution is 0.660. The van der Waals surface area contributed by atoms with Crippen molar-refractivity contribution in [3.63, 3.8) is 0 Å². The van der Waals surface area contributed by atoms with Gasteiger partial charge in [0.15, 0.2) is 5.82 Å². The molecule has 0 radical (unpaired) electrons. The van der Waals surface area contributed by atoms with Crippen LogP contribution in [0, 0.1) is 0 Å². The fourth-order valence-corrected chi connectivity index (χ4v) is 9.50. The maximum Gasteiger partial charge on any atom is 0.160 e. The van der Waals surface area contributed by atoms with Crippen LogP contribution in [0.2, 0.25) is 0 Å². The van der Waals surface area contributed by atoms with E-state index in [4.69, 9.17) is 9.97 Å². The lowest BCUT2D eigenvalue weighted by atomic mass is 9.82. The highest BCUT2D eigenvalue weighted by molar-refractivity contribution is 6.05. The van der Waals surface area contributed by atoms with Gasteiger partial charge in [-0.2, -0.15) is 0 Å². The molecule has 1 heterocycles. The monoisotopic (exact) mass is 778 g/mol. The van der Waals surface area contributed by atoms with E-state index < -0.39 is 0 Å². The summed E-state index contributed by atoms with van der Waals surface area (Å²) < 4.78 is 0. The molecule has 0 fully saturated rings. The van der Waals surface area contributed by atoms with Gasteiger partial charge in [-0.3, -0.25) is 0 Å². The van der Waals surface area contributed by atoms with E-state index in [1.807, 2.05) is 6.07 Å². The first kappa shape index (κ1) is 36.4. The first-order valence-electron chi connectivity index (χ1n) is 21.1. The molecule has 2 nitrogen and oxygen atoms in total. The maximum absolute atomic E-state index is 5.30. The molecule has 1 aliphatic rings. The Morgan fingerprint density at radius 2 is 0.803 bits per heavy atom. The molecule has 0 saturated heterocycles. The van der Waals surface area contributed by atoms with Gasteiger partial charge in [0, 0.05) is 22.1 Å². The van der Waals surface area contributed by atoms with Crippen LogP contribution in [-0.4, -0.2) is 9.97 Å². The minimum atomic E-state index is -0.0530. The van der Waals surface area contributed by atoms with Gasteiger partial charge >= 0.3 is 0 Å². The van der Waals surface area contributed by atoms with E-state index in [0.717, 1.165) is 44.6 Å². The molecule has 0 spiro atoms. The zero-order valence-electron chi connectivity index (χ0n) is 34.2. The van der Waals surface area contributed by atoms with E-state index in [2.05, 4.69) is 226 Å². The van der Waals surface area contributed by atoms with Crippen LogP contribution in [0.25, 0.3) is 100 Å². The average molecular weight is 779 g/mol. The number of nitrogens with zero attached hydrogens (tertiary/aromatic N) is 2. The van der Waals surface area contributed by atoms with Crippen LogP contribution in [0.3, 0.4) is 0 Å². The van der Waals surface area contributed by atoms with E-state index in [0.29, 0.717) is 5.82 Å². The molecule has 2 heteroatoms. The molecule has 0 bridgehead atoms. The summed E-state index contributed by atoms with van der Waals surface area (Å²) in [7, 11) is 0. The second-order valence-corrected chi connectivity index (χ2v) is 16.5. The summed E-state index contributed by atoms with van der Waals surface area (Å²) in [6.07, 6.45) is 0. The highest BCUT2D eigenvalue weighted by Gasteiger charge is 2.36. The molecule has 1 aromatic heterocycles. The third-order valence-corrected chi connectivity index (χ3v) is 12.5. The quantitative estimate of drug-likeness (QED) is 0.161. The maximum atomic E-state index is 5.30. The van der Waals surface area contributed by atoms with Crippen LogP contribution in [0.15, 0.2) is 218 Å². The fourth-order valence-electron chi connectivity index (χ4n) is 9.50. The lowest BCUT2D eigenvalue weighted by Crippen LogP contribution is -2.14. The Morgan fingerprint density at radius 3 is 1.54 bits per heavy atom. The summed E-state index contributed by atoms with van der Waals surface area (Å²) >= 11 is 0. The summed E-state index contributed by atoms with van der Waals surface area (Å²) in [5, 5.41) is 2.33. The molecule has 1 aliphatic carbocycles. The number of hydrogen-bond donors (Lipinski definition) is 0. The molecule has 9 aromatic carbocycles. The van der Waals surface area contributed by atoms with Crippen LogP contribution in [-0.2, 0) is 5.41 Å². The summed E-state index contributed by atoms with van der Waals surface area (Å²) in [4.78, 5) is 10.6. The van der Waals surface area contributed by atoms with Crippen LogP contribution in [0.1, 0.15) is 25.0 Å². The van der Waals surface area contributed by atoms with Crippen molar-refractivity contribution in [1.82, 2.24) is 9.97 Å². The Morgan fingerprint density at radius 1 is 0.295 bits per heavy atom. The molecule has 10 aromatic rings. The normalized spacial score (nSPS) is 12.6. The second-order valence-electron chi connectivity index (χ2n) is 16.5. The van der Waals surface area contributed by atoms with Crippen molar-refractivity contribution in [1.29, 1.82) is 0 Å². The molecule has 0 saturated carbocycles. The van der Waals surface area contributed by atoms with E-state index in [9.17, 15) is 0 Å². The minimum Gasteiger partial charge on any atom is -0.228 e. The van der Waals surface area contributed by atoms with Gasteiger partial charge in [0.2, 0.25) is 0 Å². The highest BCUT2D eigenvalue weighted by atomic mass is 14.9. The first-order chi connectivity index (χ1) is 30.0. The second kappa shape index (κ2) is 14.9. The lowest BCUT2D eigenvalue weighted by Gasteiger charge is -2.21. The Balaban J connectivity index is 1.05. The van der Waals surface area contributed by atoms with Gasteiger partial charge in [0.05, 0.1) is 11.4 Å². The molecular weight excluding hydrogens is 737 g/mol. The van der Waals surface area contributed by atoms with Crippen LogP contribution in [0.4, 0.5) is 0 Å². The summed E-state index contributed by atoms with van der Waals surface area (Å²) in [5.74, 6) is 0.697. The SMILES string of the molecule is CC1(C)c2ccccc2-c2c(-c3cccc(-c4ccc(-c5cc(-c6ccc(-c7ccccc7)c(-c7ccccc7)c6)nc(-c6ccccc6)n5)c5ccccc45)c3)cccc21. The number of aromatic nitrogens is 2. The van der Waals surface area contributed by atoms with Crippen molar-refractivity contribution in [3.8, 4) is 89.5 Å². The molecule has 0 aliphatic heterocycles. The van der Waals surface area contributed by atoms with E-state index in [-0.39, 0.29) is 5.41 Å². The molecule has 0 amide bonds. The fraction of sp³-hybridized carbons (Fsp3) is 0.0508. The topological polar surface area (TPSA) is 25.8 Å². The Labute approximate surface area is 357 Å². The number of fused-ring (bicyclic) bond motifs is 4. The van der Waals surface area contributed by atoms with Crippen molar-refractivity contribution in [2.45, 2.75) is 19.3 Å². The van der Waals surface area contributed by atoms with Crippen molar-refractivity contribution < 1.29 is 0 Å².